The Balaban J connectivity index is 0.00000264. The van der Waals surface area contributed by atoms with Crippen molar-refractivity contribution in [1.29, 1.82) is 0 Å². The van der Waals surface area contributed by atoms with Gasteiger partial charge in [-0.25, -0.2) is 4.79 Å². The molecule has 2 aromatic carbocycles. The second kappa shape index (κ2) is 8.72. The molecule has 0 heterocycles. The van der Waals surface area contributed by atoms with Gasteiger partial charge in [-0.3, -0.25) is 4.99 Å². The molecule has 0 aromatic heterocycles. The van der Waals surface area contributed by atoms with Gasteiger partial charge in [-0.1, -0.05) is 30.3 Å². The molecular formula is C17H18NNaO4. The number of carbonyl (C=O) groups is 1. The van der Waals surface area contributed by atoms with Gasteiger partial charge in [0.05, 0.1) is 0 Å². The predicted molar refractivity (Wildman–Crippen MR) is 84.7 cm³/mol. The van der Waals surface area contributed by atoms with Gasteiger partial charge in [-0.15, -0.1) is 0 Å². The van der Waals surface area contributed by atoms with E-state index < -0.39 is 12.0 Å². The van der Waals surface area contributed by atoms with Crippen molar-refractivity contribution in [3.05, 3.63) is 59.7 Å². The normalized spacial score (nSPS) is 12.3. The number of benzene rings is 2. The summed E-state index contributed by atoms with van der Waals surface area (Å²) >= 11 is 0. The van der Waals surface area contributed by atoms with Crippen LogP contribution < -0.4 is 29.6 Å². The maximum atomic E-state index is 11.4. The Labute approximate surface area is 158 Å². The number of phenols is 2. The molecule has 0 fully saturated rings. The first-order chi connectivity index (χ1) is 10.5. The summed E-state index contributed by atoms with van der Waals surface area (Å²) in [5.74, 6) is -1.22. The summed E-state index contributed by atoms with van der Waals surface area (Å²) < 4.78 is 0. The van der Waals surface area contributed by atoms with E-state index in [2.05, 4.69) is 4.99 Å². The number of hydrogen-bond acceptors (Lipinski definition) is 4. The fourth-order valence-electron chi connectivity index (χ4n) is 2.15. The van der Waals surface area contributed by atoms with Crippen molar-refractivity contribution in [3.63, 3.8) is 0 Å². The zero-order valence-corrected chi connectivity index (χ0v) is 15.1. The third kappa shape index (κ3) is 5.39. The van der Waals surface area contributed by atoms with Crippen LogP contribution in [0.4, 0.5) is 0 Å². The molecule has 0 radical (unpaired) electrons. The van der Waals surface area contributed by atoms with E-state index in [4.69, 9.17) is 0 Å². The van der Waals surface area contributed by atoms with E-state index in [-0.39, 0.29) is 48.9 Å². The Morgan fingerprint density at radius 3 is 2.39 bits per heavy atom. The van der Waals surface area contributed by atoms with Crippen molar-refractivity contribution in [3.8, 4) is 11.5 Å². The summed E-state index contributed by atoms with van der Waals surface area (Å²) in [7, 11) is 0. The maximum Gasteiger partial charge on any atom is 1.00 e. The third-order valence-electron chi connectivity index (χ3n) is 3.28. The molecule has 0 aliphatic heterocycles. The molecule has 0 aliphatic carbocycles. The number of nitrogens with zero attached hydrogens (tertiary/aromatic N) is 1. The minimum Gasteiger partial charge on any atom is -1.00 e. The first-order valence-electron chi connectivity index (χ1n) is 6.81. The molecule has 2 aromatic rings. The zero-order chi connectivity index (χ0) is 16.1. The van der Waals surface area contributed by atoms with E-state index in [1.807, 2.05) is 30.3 Å². The number of carboxylic acids is 1. The van der Waals surface area contributed by atoms with Crippen molar-refractivity contribution < 1.29 is 51.1 Å². The van der Waals surface area contributed by atoms with Crippen LogP contribution in [-0.4, -0.2) is 33.0 Å². The molecule has 6 heteroatoms. The predicted octanol–water partition coefficient (Wildman–Crippen LogP) is -0.281. The Kier molecular flexibility index (Phi) is 7.29. The van der Waals surface area contributed by atoms with Gasteiger partial charge in [0.25, 0.3) is 0 Å². The number of aromatic hydroxyl groups is 2. The van der Waals surface area contributed by atoms with Crippen LogP contribution in [0.1, 0.15) is 19.5 Å². The number of carboxylic acid groups (broad SMARTS) is 1. The first-order valence-corrected chi connectivity index (χ1v) is 6.81. The fraction of sp³-hybridized carbons (Fsp3) is 0.176. The number of aliphatic carboxylic acids is 1. The standard InChI is InChI=1S/C17H17NO4.Na.H/c1-11(14-8-7-13(19)10-16(14)20)18-15(17(21)22)9-12-5-3-2-4-6-12;;/h2-8,10,15,19-20H,9H2,1H3,(H,21,22);;/q;+1;-1. The van der Waals surface area contributed by atoms with Crippen LogP contribution in [-0.2, 0) is 11.2 Å². The second-order valence-corrected chi connectivity index (χ2v) is 4.96. The molecule has 3 N–H and O–H groups in total. The van der Waals surface area contributed by atoms with E-state index in [0.717, 1.165) is 5.56 Å². The van der Waals surface area contributed by atoms with Crippen molar-refractivity contribution >= 4 is 11.7 Å². The van der Waals surface area contributed by atoms with E-state index >= 15 is 0 Å². The van der Waals surface area contributed by atoms with Crippen molar-refractivity contribution in [2.24, 2.45) is 4.99 Å². The fourth-order valence-corrected chi connectivity index (χ4v) is 2.15. The second-order valence-electron chi connectivity index (χ2n) is 4.96. The maximum absolute atomic E-state index is 11.4. The molecule has 1 atom stereocenters. The topological polar surface area (TPSA) is 90.1 Å². The molecule has 0 saturated heterocycles. The van der Waals surface area contributed by atoms with E-state index in [0.29, 0.717) is 11.3 Å². The summed E-state index contributed by atoms with van der Waals surface area (Å²) in [4.78, 5) is 15.6. The van der Waals surface area contributed by atoms with Gasteiger partial charge in [0.1, 0.15) is 11.5 Å². The molecule has 0 spiro atoms. The summed E-state index contributed by atoms with van der Waals surface area (Å²) in [5.41, 5.74) is 1.68. The molecular weight excluding hydrogens is 305 g/mol. The van der Waals surface area contributed by atoms with Crippen LogP contribution in [0.5, 0.6) is 11.5 Å². The summed E-state index contributed by atoms with van der Waals surface area (Å²) in [5, 5.41) is 28.4. The van der Waals surface area contributed by atoms with Crippen LogP contribution in [0.3, 0.4) is 0 Å². The van der Waals surface area contributed by atoms with E-state index in [1.54, 1.807) is 6.92 Å². The SMILES string of the molecule is CC(=NC(Cc1ccccc1)C(=O)O)c1ccc(O)cc1O.[H-].[Na+]. The summed E-state index contributed by atoms with van der Waals surface area (Å²) in [6.45, 7) is 1.63. The molecule has 1 unspecified atom stereocenters. The van der Waals surface area contributed by atoms with Crippen molar-refractivity contribution in [2.45, 2.75) is 19.4 Å². The van der Waals surface area contributed by atoms with Gasteiger partial charge in [0.2, 0.25) is 0 Å². The molecule has 23 heavy (non-hydrogen) atoms. The smallest absolute Gasteiger partial charge is 1.00 e. The average Bonchev–Trinajstić information content (AvgIpc) is 2.47. The van der Waals surface area contributed by atoms with Crippen LogP contribution in [0.25, 0.3) is 0 Å². The molecule has 0 aliphatic rings. The molecule has 0 amide bonds. The monoisotopic (exact) mass is 323 g/mol. The summed E-state index contributed by atoms with van der Waals surface area (Å²) in [6, 6.07) is 12.4. The van der Waals surface area contributed by atoms with Crippen molar-refractivity contribution in [1.82, 2.24) is 0 Å². The molecule has 5 nitrogen and oxygen atoms in total. The number of phenolic OH excluding ortho intramolecular Hbond substituents is 2. The number of rotatable bonds is 5. The average molecular weight is 323 g/mol. The molecule has 116 valence electrons. The summed E-state index contributed by atoms with van der Waals surface area (Å²) in [6.07, 6.45) is 0.270. The molecule has 0 bridgehead atoms. The number of hydrogen-bond donors (Lipinski definition) is 3. The van der Waals surface area contributed by atoms with Crippen LogP contribution in [0, 0.1) is 0 Å². The Morgan fingerprint density at radius 1 is 1.17 bits per heavy atom. The minimum absolute atomic E-state index is 0. The van der Waals surface area contributed by atoms with Gasteiger partial charge in [0, 0.05) is 23.8 Å². The van der Waals surface area contributed by atoms with Gasteiger partial charge in [-0.05, 0) is 24.6 Å². The Bertz CT molecular complexity index is 707. The molecule has 0 saturated carbocycles. The third-order valence-corrected chi connectivity index (χ3v) is 3.28. The van der Waals surface area contributed by atoms with Gasteiger partial charge >= 0.3 is 35.5 Å². The van der Waals surface area contributed by atoms with Gasteiger partial charge < -0.3 is 16.7 Å². The van der Waals surface area contributed by atoms with Crippen molar-refractivity contribution in [2.75, 3.05) is 0 Å². The first kappa shape index (κ1) is 19.2. The van der Waals surface area contributed by atoms with E-state index in [1.165, 1.54) is 18.2 Å². The van der Waals surface area contributed by atoms with Crippen LogP contribution in [0.2, 0.25) is 0 Å². The van der Waals surface area contributed by atoms with Crippen LogP contribution >= 0.6 is 0 Å². The molecule has 2 rings (SSSR count). The van der Waals surface area contributed by atoms with Gasteiger partial charge in [0.15, 0.2) is 6.04 Å². The van der Waals surface area contributed by atoms with Crippen LogP contribution in [0.15, 0.2) is 53.5 Å². The van der Waals surface area contributed by atoms with Gasteiger partial charge in [-0.2, -0.15) is 0 Å². The zero-order valence-electron chi connectivity index (χ0n) is 14.1. The largest absolute Gasteiger partial charge is 1.00 e. The number of aliphatic imine (C=N–C) groups is 1. The minimum atomic E-state index is -1.03. The van der Waals surface area contributed by atoms with E-state index in [9.17, 15) is 20.1 Å². The Hall–Kier alpha value is -1.82. The quantitative estimate of drug-likeness (QED) is 0.521. The Morgan fingerprint density at radius 2 is 1.83 bits per heavy atom.